The van der Waals surface area contributed by atoms with Crippen LogP contribution < -0.4 is 5.56 Å². The van der Waals surface area contributed by atoms with Gasteiger partial charge in [-0.2, -0.15) is 5.10 Å². The maximum atomic E-state index is 12.4. The Bertz CT molecular complexity index is 744. The maximum Gasteiger partial charge on any atom is 0.274 e. The Morgan fingerprint density at radius 2 is 1.48 bits per heavy atom. The first-order valence-electron chi connectivity index (χ1n) is 7.34. The van der Waals surface area contributed by atoms with Gasteiger partial charge in [-0.05, 0) is 18.2 Å². The van der Waals surface area contributed by atoms with Crippen molar-refractivity contribution >= 4 is 11.8 Å². The van der Waals surface area contributed by atoms with Crippen LogP contribution in [0.15, 0.2) is 47.3 Å². The summed E-state index contributed by atoms with van der Waals surface area (Å²) in [7, 11) is 0. The minimum atomic E-state index is -0.347. The summed E-state index contributed by atoms with van der Waals surface area (Å²) in [4.78, 5) is 39.0. The molecule has 1 aromatic heterocycles. The van der Waals surface area contributed by atoms with Crippen LogP contribution in [0.25, 0.3) is 0 Å². The van der Waals surface area contributed by atoms with Crippen molar-refractivity contribution in [1.82, 2.24) is 20.0 Å². The zero-order valence-corrected chi connectivity index (χ0v) is 12.4. The van der Waals surface area contributed by atoms with E-state index in [4.69, 9.17) is 0 Å². The summed E-state index contributed by atoms with van der Waals surface area (Å²) in [6.07, 6.45) is 0. The molecule has 1 aliphatic heterocycles. The predicted octanol–water partition coefficient (Wildman–Crippen LogP) is 0.368. The molecule has 0 radical (unpaired) electrons. The zero-order chi connectivity index (χ0) is 16.2. The highest BCUT2D eigenvalue weighted by Crippen LogP contribution is 2.10. The van der Waals surface area contributed by atoms with Gasteiger partial charge in [-0.1, -0.05) is 18.2 Å². The van der Waals surface area contributed by atoms with Crippen LogP contribution in [-0.2, 0) is 0 Å². The number of H-pyrrole nitrogens is 1. The van der Waals surface area contributed by atoms with Gasteiger partial charge < -0.3 is 9.80 Å². The molecule has 23 heavy (non-hydrogen) atoms. The lowest BCUT2D eigenvalue weighted by atomic mass is 10.2. The second kappa shape index (κ2) is 6.43. The highest BCUT2D eigenvalue weighted by atomic mass is 16.2. The van der Waals surface area contributed by atoms with E-state index in [1.165, 1.54) is 12.1 Å². The Labute approximate surface area is 132 Å². The van der Waals surface area contributed by atoms with Crippen molar-refractivity contribution in [3.05, 3.63) is 64.1 Å². The molecule has 2 heterocycles. The lowest BCUT2D eigenvalue weighted by Gasteiger charge is -2.34. The third-order valence-corrected chi connectivity index (χ3v) is 3.77. The van der Waals surface area contributed by atoms with E-state index in [1.54, 1.807) is 21.9 Å². The van der Waals surface area contributed by atoms with E-state index in [0.717, 1.165) is 0 Å². The minimum absolute atomic E-state index is 0.0279. The van der Waals surface area contributed by atoms with E-state index in [9.17, 15) is 14.4 Å². The summed E-state index contributed by atoms with van der Waals surface area (Å²) >= 11 is 0. The first kappa shape index (κ1) is 15.0. The highest BCUT2D eigenvalue weighted by molar-refractivity contribution is 5.95. The number of benzene rings is 1. The molecule has 118 valence electrons. The number of hydrogen-bond acceptors (Lipinski definition) is 4. The molecule has 1 saturated heterocycles. The van der Waals surface area contributed by atoms with E-state index in [0.29, 0.717) is 31.7 Å². The third-order valence-electron chi connectivity index (χ3n) is 3.77. The monoisotopic (exact) mass is 312 g/mol. The number of piperazine rings is 1. The first-order chi connectivity index (χ1) is 11.1. The minimum Gasteiger partial charge on any atom is -0.335 e. The Kier molecular flexibility index (Phi) is 4.18. The van der Waals surface area contributed by atoms with Gasteiger partial charge in [-0.3, -0.25) is 14.4 Å². The number of nitrogens with one attached hydrogen (secondary N) is 1. The predicted molar refractivity (Wildman–Crippen MR) is 83.1 cm³/mol. The normalized spacial score (nSPS) is 14.6. The van der Waals surface area contributed by atoms with E-state index in [-0.39, 0.29) is 23.1 Å². The number of carbonyl (C=O) groups excluding carboxylic acids is 2. The van der Waals surface area contributed by atoms with Crippen molar-refractivity contribution in [3.8, 4) is 0 Å². The molecule has 1 N–H and O–H groups in total. The second-order valence-corrected chi connectivity index (χ2v) is 5.26. The van der Waals surface area contributed by atoms with Crippen LogP contribution in [0.3, 0.4) is 0 Å². The first-order valence-corrected chi connectivity index (χ1v) is 7.34. The van der Waals surface area contributed by atoms with E-state index >= 15 is 0 Å². The van der Waals surface area contributed by atoms with Crippen molar-refractivity contribution in [2.24, 2.45) is 0 Å². The summed E-state index contributed by atoms with van der Waals surface area (Å²) < 4.78 is 0. The molecule has 0 aliphatic carbocycles. The fourth-order valence-electron chi connectivity index (χ4n) is 2.50. The average molecular weight is 312 g/mol. The Balaban J connectivity index is 1.62. The number of aromatic amines is 1. The molecule has 0 atom stereocenters. The average Bonchev–Trinajstić information content (AvgIpc) is 2.62. The summed E-state index contributed by atoms with van der Waals surface area (Å²) in [6, 6.07) is 11.8. The van der Waals surface area contributed by atoms with Crippen molar-refractivity contribution in [3.63, 3.8) is 0 Å². The van der Waals surface area contributed by atoms with Crippen molar-refractivity contribution in [2.75, 3.05) is 26.2 Å². The number of aromatic nitrogens is 2. The molecular formula is C16H16N4O3. The fourth-order valence-corrected chi connectivity index (χ4v) is 2.50. The number of carbonyl (C=O) groups is 2. The van der Waals surface area contributed by atoms with Gasteiger partial charge in [-0.25, -0.2) is 5.10 Å². The molecule has 0 spiro atoms. The van der Waals surface area contributed by atoms with Crippen LogP contribution in [0.1, 0.15) is 20.8 Å². The molecule has 3 rings (SSSR count). The van der Waals surface area contributed by atoms with Crippen LogP contribution in [0, 0.1) is 0 Å². The van der Waals surface area contributed by atoms with Gasteiger partial charge in [0.25, 0.3) is 17.4 Å². The summed E-state index contributed by atoms with van der Waals surface area (Å²) in [5.74, 6) is -0.270. The maximum absolute atomic E-state index is 12.4. The molecule has 7 heteroatoms. The van der Waals surface area contributed by atoms with E-state index < -0.39 is 0 Å². The number of nitrogens with zero attached hydrogens (tertiary/aromatic N) is 3. The molecule has 2 amide bonds. The molecule has 2 aromatic rings. The number of amides is 2. The fraction of sp³-hybridized carbons (Fsp3) is 0.250. The van der Waals surface area contributed by atoms with Gasteiger partial charge in [0.2, 0.25) is 0 Å². The summed E-state index contributed by atoms with van der Waals surface area (Å²) in [6.45, 7) is 1.84. The Hall–Kier alpha value is -2.96. The molecule has 1 fully saturated rings. The standard InChI is InChI=1S/C16H16N4O3/c21-14-7-6-13(17-18-14)16(23)20-10-8-19(9-11-20)15(22)12-4-2-1-3-5-12/h1-7H,8-11H2,(H,18,21). The molecule has 0 unspecified atom stereocenters. The topological polar surface area (TPSA) is 86.4 Å². The van der Waals surface area contributed by atoms with Gasteiger partial charge in [0.1, 0.15) is 5.69 Å². The molecular weight excluding hydrogens is 296 g/mol. The summed E-state index contributed by atoms with van der Waals surface area (Å²) in [5, 5.41) is 6.00. The van der Waals surface area contributed by atoms with E-state index in [1.807, 2.05) is 18.2 Å². The highest BCUT2D eigenvalue weighted by Gasteiger charge is 2.26. The van der Waals surface area contributed by atoms with Gasteiger partial charge in [-0.15, -0.1) is 0 Å². The molecule has 0 bridgehead atoms. The van der Waals surface area contributed by atoms with Crippen LogP contribution >= 0.6 is 0 Å². The molecule has 7 nitrogen and oxygen atoms in total. The largest absolute Gasteiger partial charge is 0.335 e. The Morgan fingerprint density at radius 1 is 0.870 bits per heavy atom. The van der Waals surface area contributed by atoms with Crippen molar-refractivity contribution in [1.29, 1.82) is 0 Å². The molecule has 1 aliphatic rings. The van der Waals surface area contributed by atoms with Crippen molar-refractivity contribution < 1.29 is 9.59 Å². The van der Waals surface area contributed by atoms with Gasteiger partial charge in [0, 0.05) is 37.8 Å². The van der Waals surface area contributed by atoms with Crippen molar-refractivity contribution in [2.45, 2.75) is 0 Å². The Morgan fingerprint density at radius 3 is 2.04 bits per heavy atom. The molecule has 1 aromatic carbocycles. The molecule has 0 saturated carbocycles. The van der Waals surface area contributed by atoms with Gasteiger partial charge in [0.15, 0.2) is 0 Å². The summed E-state index contributed by atoms with van der Waals surface area (Å²) in [5.41, 5.74) is 0.502. The number of rotatable bonds is 2. The lowest BCUT2D eigenvalue weighted by molar-refractivity contribution is 0.0531. The lowest BCUT2D eigenvalue weighted by Crippen LogP contribution is -2.50. The number of hydrogen-bond donors (Lipinski definition) is 1. The van der Waals surface area contributed by atoms with Crippen LogP contribution in [0.4, 0.5) is 0 Å². The SMILES string of the molecule is O=C(c1ccccc1)N1CCN(C(=O)c2ccc(=O)[nH]n2)CC1. The van der Waals surface area contributed by atoms with Crippen LogP contribution in [0.2, 0.25) is 0 Å². The van der Waals surface area contributed by atoms with Crippen LogP contribution in [0.5, 0.6) is 0 Å². The quantitative estimate of drug-likeness (QED) is 0.868. The second-order valence-electron chi connectivity index (χ2n) is 5.26. The smallest absolute Gasteiger partial charge is 0.274 e. The van der Waals surface area contributed by atoms with Crippen LogP contribution in [-0.4, -0.2) is 58.0 Å². The third kappa shape index (κ3) is 3.28. The van der Waals surface area contributed by atoms with E-state index in [2.05, 4.69) is 10.2 Å². The zero-order valence-electron chi connectivity index (χ0n) is 12.4. The van der Waals surface area contributed by atoms with Gasteiger partial charge >= 0.3 is 0 Å². The van der Waals surface area contributed by atoms with Gasteiger partial charge in [0.05, 0.1) is 0 Å².